The Morgan fingerprint density at radius 1 is 1.39 bits per heavy atom. The summed E-state index contributed by atoms with van der Waals surface area (Å²) in [6.07, 6.45) is 5.00. The average Bonchev–Trinajstić information content (AvgIpc) is 2.69. The topological polar surface area (TPSA) is 63.5 Å². The van der Waals surface area contributed by atoms with E-state index in [0.717, 1.165) is 24.1 Å². The van der Waals surface area contributed by atoms with Crippen molar-refractivity contribution < 1.29 is 9.59 Å². The second-order valence-corrected chi connectivity index (χ2v) is 4.97. The first-order valence-corrected chi connectivity index (χ1v) is 6.89. The van der Waals surface area contributed by atoms with Crippen LogP contribution in [0.25, 0.3) is 0 Å². The van der Waals surface area contributed by atoms with Gasteiger partial charge in [-0.05, 0) is 12.8 Å². The molecule has 0 aliphatic rings. The van der Waals surface area contributed by atoms with Gasteiger partial charge in [-0.1, -0.05) is 6.42 Å². The summed E-state index contributed by atoms with van der Waals surface area (Å²) in [4.78, 5) is 26.9. The number of thiazole rings is 1. The Morgan fingerprint density at radius 2 is 2.17 bits per heavy atom. The molecule has 1 N–H and O–H groups in total. The summed E-state index contributed by atoms with van der Waals surface area (Å²) in [6, 6.07) is 0. The number of hydrogen-bond acceptors (Lipinski definition) is 3. The van der Waals surface area contributed by atoms with Gasteiger partial charge in [0.15, 0.2) is 4.80 Å². The van der Waals surface area contributed by atoms with Crippen molar-refractivity contribution in [2.75, 3.05) is 6.54 Å². The Kier molecular flexibility index (Phi) is 6.35. The summed E-state index contributed by atoms with van der Waals surface area (Å²) in [5, 5.41) is 4.63. The molecule has 0 spiro atoms. The number of unbranched alkanes of at least 4 members (excludes halogenated alkanes) is 2. The first-order chi connectivity index (χ1) is 8.59. The molecule has 1 aromatic rings. The van der Waals surface area contributed by atoms with Gasteiger partial charge in [0.2, 0.25) is 11.8 Å². The van der Waals surface area contributed by atoms with E-state index < -0.39 is 0 Å². The van der Waals surface area contributed by atoms with Crippen LogP contribution in [0.2, 0.25) is 0 Å². The summed E-state index contributed by atoms with van der Waals surface area (Å²) in [7, 11) is 1.87. The van der Waals surface area contributed by atoms with Crippen LogP contribution in [0, 0.1) is 0 Å². The van der Waals surface area contributed by atoms with Crippen molar-refractivity contribution in [3.63, 3.8) is 0 Å². The van der Waals surface area contributed by atoms with Gasteiger partial charge in [-0.3, -0.25) is 9.59 Å². The summed E-state index contributed by atoms with van der Waals surface area (Å²) >= 11 is 1.46. The van der Waals surface area contributed by atoms with E-state index in [1.54, 1.807) is 0 Å². The first kappa shape index (κ1) is 14.6. The van der Waals surface area contributed by atoms with Crippen molar-refractivity contribution in [2.24, 2.45) is 12.0 Å². The fraction of sp³-hybridized carbons (Fsp3) is 0.583. The molecule has 0 unspecified atom stereocenters. The molecule has 2 amide bonds. The van der Waals surface area contributed by atoms with Gasteiger partial charge in [-0.25, -0.2) is 0 Å². The van der Waals surface area contributed by atoms with Gasteiger partial charge in [0.25, 0.3) is 0 Å². The summed E-state index contributed by atoms with van der Waals surface area (Å²) in [5.41, 5.74) is 0. The largest absolute Gasteiger partial charge is 0.356 e. The van der Waals surface area contributed by atoms with E-state index in [0.29, 0.717) is 13.0 Å². The molecule has 5 nitrogen and oxygen atoms in total. The zero-order valence-corrected chi connectivity index (χ0v) is 11.6. The third kappa shape index (κ3) is 5.77. The zero-order valence-electron chi connectivity index (χ0n) is 10.8. The van der Waals surface area contributed by atoms with Crippen molar-refractivity contribution in [1.29, 1.82) is 0 Å². The van der Waals surface area contributed by atoms with Crippen molar-refractivity contribution in [1.82, 2.24) is 9.88 Å². The first-order valence-electron chi connectivity index (χ1n) is 6.01. The van der Waals surface area contributed by atoms with Gasteiger partial charge in [0.05, 0.1) is 0 Å². The minimum Gasteiger partial charge on any atom is -0.356 e. The molecule has 0 radical (unpaired) electrons. The lowest BCUT2D eigenvalue weighted by Gasteiger charge is -2.00. The smallest absolute Gasteiger partial charge is 0.248 e. The number of carbonyl (C=O) groups excluding carboxylic acids is 2. The molecule has 100 valence electrons. The molecule has 1 heterocycles. The summed E-state index contributed by atoms with van der Waals surface area (Å²) < 4.78 is 1.83. The van der Waals surface area contributed by atoms with E-state index in [2.05, 4.69) is 10.3 Å². The highest BCUT2D eigenvalue weighted by molar-refractivity contribution is 7.07. The molecule has 1 aromatic heterocycles. The molecule has 0 bridgehead atoms. The Hall–Kier alpha value is -1.43. The molecular formula is C12H19N3O2S. The molecule has 0 saturated carbocycles. The summed E-state index contributed by atoms with van der Waals surface area (Å²) in [5.74, 6) is -0.0844. The highest BCUT2D eigenvalue weighted by atomic mass is 32.1. The Balaban J connectivity index is 2.19. The lowest BCUT2D eigenvalue weighted by atomic mass is 10.2. The van der Waals surface area contributed by atoms with Crippen LogP contribution in [-0.2, 0) is 16.6 Å². The predicted octanol–water partition coefficient (Wildman–Crippen LogP) is 1.21. The molecule has 0 aliphatic carbocycles. The van der Waals surface area contributed by atoms with Crippen molar-refractivity contribution in [3.8, 4) is 0 Å². The number of aromatic nitrogens is 1. The molecule has 1 rings (SSSR count). The molecule has 0 aromatic carbocycles. The third-order valence-electron chi connectivity index (χ3n) is 2.42. The number of nitrogens with one attached hydrogen (secondary N) is 1. The Bertz CT molecular complexity index is 462. The fourth-order valence-electron chi connectivity index (χ4n) is 1.44. The van der Waals surface area contributed by atoms with E-state index in [-0.39, 0.29) is 11.8 Å². The third-order valence-corrected chi connectivity index (χ3v) is 3.27. The van der Waals surface area contributed by atoms with Crippen molar-refractivity contribution in [3.05, 3.63) is 16.4 Å². The number of amides is 2. The maximum absolute atomic E-state index is 11.6. The highest BCUT2D eigenvalue weighted by Crippen LogP contribution is 2.00. The van der Waals surface area contributed by atoms with Gasteiger partial charge < -0.3 is 9.88 Å². The van der Waals surface area contributed by atoms with E-state index in [1.807, 2.05) is 23.2 Å². The highest BCUT2D eigenvalue weighted by Gasteiger charge is 2.00. The van der Waals surface area contributed by atoms with E-state index in [4.69, 9.17) is 0 Å². The number of aryl methyl sites for hydroxylation is 1. The molecule has 0 saturated heterocycles. The molecular weight excluding hydrogens is 250 g/mol. The number of nitrogens with zero attached hydrogens (tertiary/aromatic N) is 2. The van der Waals surface area contributed by atoms with E-state index in [9.17, 15) is 9.59 Å². The normalized spacial score (nSPS) is 11.6. The monoisotopic (exact) mass is 269 g/mol. The molecule has 0 atom stereocenters. The molecule has 18 heavy (non-hydrogen) atoms. The Morgan fingerprint density at radius 3 is 2.78 bits per heavy atom. The predicted molar refractivity (Wildman–Crippen MR) is 71.0 cm³/mol. The standard InChI is InChI=1S/C12H19N3O2S/c1-10(16)13-7-5-3-4-6-11(17)14-12-15(2)8-9-18-12/h8-9H,3-7H2,1-2H3,(H,13,16). The molecule has 6 heteroatoms. The maximum Gasteiger partial charge on any atom is 0.248 e. The SMILES string of the molecule is CC(=O)NCCCCCC(=O)N=c1sccn1C. The van der Waals surface area contributed by atoms with E-state index >= 15 is 0 Å². The average molecular weight is 269 g/mol. The minimum atomic E-state index is -0.0763. The van der Waals surface area contributed by atoms with Gasteiger partial charge in [0.1, 0.15) is 0 Å². The van der Waals surface area contributed by atoms with Gasteiger partial charge >= 0.3 is 0 Å². The van der Waals surface area contributed by atoms with Crippen LogP contribution in [0.5, 0.6) is 0 Å². The lowest BCUT2D eigenvalue weighted by molar-refractivity contribution is -0.119. The van der Waals surface area contributed by atoms with Gasteiger partial charge in [-0.15, -0.1) is 11.3 Å². The van der Waals surface area contributed by atoms with Crippen LogP contribution in [-0.4, -0.2) is 22.9 Å². The van der Waals surface area contributed by atoms with Crippen LogP contribution in [0.15, 0.2) is 16.6 Å². The Labute approximate surface area is 111 Å². The van der Waals surface area contributed by atoms with Crippen LogP contribution in [0.1, 0.15) is 32.6 Å². The fourth-order valence-corrected chi connectivity index (χ4v) is 2.19. The second kappa shape index (κ2) is 7.81. The second-order valence-electron chi connectivity index (χ2n) is 4.10. The van der Waals surface area contributed by atoms with Crippen molar-refractivity contribution >= 4 is 23.2 Å². The van der Waals surface area contributed by atoms with Crippen LogP contribution in [0.4, 0.5) is 0 Å². The summed E-state index contributed by atoms with van der Waals surface area (Å²) in [6.45, 7) is 2.18. The van der Waals surface area contributed by atoms with E-state index in [1.165, 1.54) is 18.3 Å². The van der Waals surface area contributed by atoms with Crippen LogP contribution in [0.3, 0.4) is 0 Å². The molecule has 0 aliphatic heterocycles. The van der Waals surface area contributed by atoms with Crippen LogP contribution >= 0.6 is 11.3 Å². The van der Waals surface area contributed by atoms with Crippen LogP contribution < -0.4 is 10.1 Å². The maximum atomic E-state index is 11.6. The molecule has 0 fully saturated rings. The van der Waals surface area contributed by atoms with Gasteiger partial charge in [0, 0.05) is 38.5 Å². The number of hydrogen-bond donors (Lipinski definition) is 1. The zero-order chi connectivity index (χ0) is 13.4. The number of carbonyl (C=O) groups is 2. The number of rotatable bonds is 6. The lowest BCUT2D eigenvalue weighted by Crippen LogP contribution is -2.20. The minimum absolute atomic E-state index is 0.00808. The van der Waals surface area contributed by atoms with Gasteiger partial charge in [-0.2, -0.15) is 4.99 Å². The van der Waals surface area contributed by atoms with Crippen molar-refractivity contribution in [2.45, 2.75) is 32.6 Å². The quantitative estimate of drug-likeness (QED) is 0.789.